The number of H-pyrrole nitrogens is 1. The van der Waals surface area contributed by atoms with E-state index < -0.39 is 0 Å². The van der Waals surface area contributed by atoms with Crippen molar-refractivity contribution in [1.82, 2.24) is 9.97 Å². The topological polar surface area (TPSA) is 92.0 Å². The van der Waals surface area contributed by atoms with Crippen molar-refractivity contribution < 1.29 is 5.11 Å². The number of nitrogens with two attached hydrogens (primary N) is 1. The van der Waals surface area contributed by atoms with Gasteiger partial charge in [-0.1, -0.05) is 11.8 Å². The second-order valence-corrected chi connectivity index (χ2v) is 4.66. The number of thioether (sulfide) groups is 1. The number of aromatic nitrogens is 2. The molecule has 2 aromatic rings. The molecule has 4 N–H and O–H groups in total. The van der Waals surface area contributed by atoms with Gasteiger partial charge in [0.25, 0.3) is 5.56 Å². The maximum Gasteiger partial charge on any atom is 0.259 e. The molecule has 0 radical (unpaired) electrons. The van der Waals surface area contributed by atoms with Crippen LogP contribution in [0.4, 0.5) is 5.69 Å². The molecule has 0 amide bonds. The number of rotatable bonds is 4. The van der Waals surface area contributed by atoms with Gasteiger partial charge in [-0.05, 0) is 24.6 Å². The third-order valence-electron chi connectivity index (χ3n) is 2.25. The molecule has 90 valence electrons. The molecule has 2 rings (SSSR count). The highest BCUT2D eigenvalue weighted by Gasteiger charge is 2.04. The minimum atomic E-state index is -0.186. The smallest absolute Gasteiger partial charge is 0.259 e. The summed E-state index contributed by atoms with van der Waals surface area (Å²) in [6, 6.07) is 5.07. The monoisotopic (exact) mass is 251 g/mol. The highest BCUT2D eigenvalue weighted by Crippen LogP contribution is 2.17. The Morgan fingerprint density at radius 2 is 2.29 bits per heavy atom. The molecule has 17 heavy (non-hydrogen) atoms. The molecule has 0 unspecified atom stereocenters. The lowest BCUT2D eigenvalue weighted by molar-refractivity contribution is 0.296. The number of hydrogen-bond donors (Lipinski definition) is 3. The average Bonchev–Trinajstić information content (AvgIpc) is 2.31. The van der Waals surface area contributed by atoms with Crippen LogP contribution in [0.15, 0.2) is 28.2 Å². The summed E-state index contributed by atoms with van der Waals surface area (Å²) in [6.07, 6.45) is 0.675. The molecule has 6 heteroatoms. The number of anilines is 1. The summed E-state index contributed by atoms with van der Waals surface area (Å²) in [6.45, 7) is 0.140. The van der Waals surface area contributed by atoms with Crippen LogP contribution < -0.4 is 11.3 Å². The van der Waals surface area contributed by atoms with Crippen molar-refractivity contribution >= 4 is 28.4 Å². The highest BCUT2D eigenvalue weighted by molar-refractivity contribution is 7.99. The number of nitrogen functional groups attached to an aromatic ring is 1. The number of fused-ring (bicyclic) bond motifs is 1. The van der Waals surface area contributed by atoms with Gasteiger partial charge in [0, 0.05) is 18.0 Å². The van der Waals surface area contributed by atoms with Crippen LogP contribution in [0.5, 0.6) is 0 Å². The Balaban J connectivity index is 2.35. The molecule has 0 spiro atoms. The Bertz CT molecular complexity index is 582. The fourth-order valence-electron chi connectivity index (χ4n) is 1.44. The van der Waals surface area contributed by atoms with Gasteiger partial charge >= 0.3 is 0 Å². The normalized spacial score (nSPS) is 10.9. The van der Waals surface area contributed by atoms with Crippen molar-refractivity contribution in [3.8, 4) is 0 Å². The maximum atomic E-state index is 11.8. The van der Waals surface area contributed by atoms with E-state index in [9.17, 15) is 4.79 Å². The minimum absolute atomic E-state index is 0.140. The Labute approximate surface area is 102 Å². The van der Waals surface area contributed by atoms with E-state index in [0.717, 1.165) is 5.75 Å². The third-order valence-corrected chi connectivity index (χ3v) is 3.21. The van der Waals surface area contributed by atoms with Gasteiger partial charge in [-0.3, -0.25) is 4.79 Å². The Morgan fingerprint density at radius 3 is 3.06 bits per heavy atom. The second kappa shape index (κ2) is 5.20. The van der Waals surface area contributed by atoms with Gasteiger partial charge in [-0.15, -0.1) is 0 Å². The van der Waals surface area contributed by atoms with Crippen molar-refractivity contribution in [2.75, 3.05) is 18.1 Å². The maximum absolute atomic E-state index is 11.8. The fraction of sp³-hybridized carbons (Fsp3) is 0.273. The zero-order valence-electron chi connectivity index (χ0n) is 9.14. The van der Waals surface area contributed by atoms with Crippen LogP contribution in [0, 0.1) is 0 Å². The number of benzene rings is 1. The molecule has 0 saturated heterocycles. The van der Waals surface area contributed by atoms with E-state index in [1.54, 1.807) is 18.2 Å². The lowest BCUT2D eigenvalue weighted by Crippen LogP contribution is -2.09. The summed E-state index contributed by atoms with van der Waals surface area (Å²) < 4.78 is 0. The van der Waals surface area contributed by atoms with Crippen LogP contribution in [-0.4, -0.2) is 27.4 Å². The lowest BCUT2D eigenvalue weighted by atomic mass is 10.2. The Kier molecular flexibility index (Phi) is 3.65. The average molecular weight is 251 g/mol. The molecule has 5 nitrogen and oxygen atoms in total. The standard InChI is InChI=1S/C11H13N3O2S/c12-7-2-3-9-8(6-7)10(16)14-11(13-9)17-5-1-4-15/h2-3,6,15H,1,4-5,12H2,(H,13,14,16). The first-order chi connectivity index (χ1) is 8.20. The number of aliphatic hydroxyl groups is 1. The predicted molar refractivity (Wildman–Crippen MR) is 69.2 cm³/mol. The Morgan fingerprint density at radius 1 is 1.47 bits per heavy atom. The van der Waals surface area contributed by atoms with Crippen molar-refractivity contribution in [3.05, 3.63) is 28.6 Å². The molecular weight excluding hydrogens is 238 g/mol. The van der Waals surface area contributed by atoms with Gasteiger partial charge in [0.05, 0.1) is 10.9 Å². The van der Waals surface area contributed by atoms with Crippen molar-refractivity contribution in [2.45, 2.75) is 11.6 Å². The predicted octanol–water partition coefficient (Wildman–Crippen LogP) is 0.980. The zero-order valence-corrected chi connectivity index (χ0v) is 9.96. The minimum Gasteiger partial charge on any atom is -0.399 e. The molecule has 1 aromatic carbocycles. The van der Waals surface area contributed by atoms with Crippen LogP contribution in [0.25, 0.3) is 10.9 Å². The van der Waals surface area contributed by atoms with Crippen molar-refractivity contribution in [1.29, 1.82) is 0 Å². The molecule has 1 heterocycles. The Hall–Kier alpha value is -1.53. The summed E-state index contributed by atoms with van der Waals surface area (Å²) in [5.74, 6) is 0.722. The van der Waals surface area contributed by atoms with E-state index in [2.05, 4.69) is 9.97 Å². The summed E-state index contributed by atoms with van der Waals surface area (Å²) >= 11 is 1.42. The van der Waals surface area contributed by atoms with E-state index in [4.69, 9.17) is 10.8 Å². The van der Waals surface area contributed by atoms with E-state index >= 15 is 0 Å². The van der Waals surface area contributed by atoms with Gasteiger partial charge in [0.1, 0.15) is 0 Å². The number of aromatic amines is 1. The molecule has 0 aliphatic heterocycles. The molecule has 0 fully saturated rings. The number of nitrogens with zero attached hydrogens (tertiary/aromatic N) is 1. The van der Waals surface area contributed by atoms with Crippen LogP contribution >= 0.6 is 11.8 Å². The molecule has 0 atom stereocenters. The summed E-state index contributed by atoms with van der Waals surface area (Å²) in [5.41, 5.74) is 6.61. The molecule has 0 aliphatic carbocycles. The molecule has 0 bridgehead atoms. The third kappa shape index (κ3) is 2.78. The van der Waals surface area contributed by atoms with Gasteiger partial charge in [-0.2, -0.15) is 0 Å². The highest BCUT2D eigenvalue weighted by atomic mass is 32.2. The molecular formula is C11H13N3O2S. The van der Waals surface area contributed by atoms with E-state index in [1.807, 2.05) is 0 Å². The summed E-state index contributed by atoms with van der Waals surface area (Å²) in [4.78, 5) is 18.8. The van der Waals surface area contributed by atoms with E-state index in [-0.39, 0.29) is 12.2 Å². The molecule has 0 aliphatic rings. The van der Waals surface area contributed by atoms with Crippen LogP contribution in [-0.2, 0) is 0 Å². The van der Waals surface area contributed by atoms with E-state index in [1.165, 1.54) is 11.8 Å². The summed E-state index contributed by atoms with van der Waals surface area (Å²) in [5, 5.41) is 9.75. The number of aliphatic hydroxyl groups excluding tert-OH is 1. The van der Waals surface area contributed by atoms with Gasteiger partial charge in [0.2, 0.25) is 0 Å². The molecule has 1 aromatic heterocycles. The first-order valence-electron chi connectivity index (χ1n) is 5.24. The first kappa shape index (κ1) is 11.9. The quantitative estimate of drug-likeness (QED) is 0.326. The molecule has 0 saturated carbocycles. The second-order valence-electron chi connectivity index (χ2n) is 3.57. The largest absolute Gasteiger partial charge is 0.399 e. The zero-order chi connectivity index (χ0) is 12.3. The van der Waals surface area contributed by atoms with Crippen LogP contribution in [0.3, 0.4) is 0 Å². The first-order valence-corrected chi connectivity index (χ1v) is 6.22. The van der Waals surface area contributed by atoms with Gasteiger partial charge in [0.15, 0.2) is 5.16 Å². The lowest BCUT2D eigenvalue weighted by Gasteiger charge is -2.02. The van der Waals surface area contributed by atoms with Crippen LogP contribution in [0.1, 0.15) is 6.42 Å². The van der Waals surface area contributed by atoms with Gasteiger partial charge < -0.3 is 15.8 Å². The van der Waals surface area contributed by atoms with E-state index in [0.29, 0.717) is 28.2 Å². The SMILES string of the molecule is Nc1ccc2nc(SCCCO)[nH]c(=O)c2c1. The fourth-order valence-corrected chi connectivity index (χ4v) is 2.23. The van der Waals surface area contributed by atoms with Crippen molar-refractivity contribution in [3.63, 3.8) is 0 Å². The van der Waals surface area contributed by atoms with Gasteiger partial charge in [-0.25, -0.2) is 4.98 Å². The van der Waals surface area contributed by atoms with Crippen LogP contribution in [0.2, 0.25) is 0 Å². The number of hydrogen-bond acceptors (Lipinski definition) is 5. The summed E-state index contributed by atoms with van der Waals surface area (Å²) in [7, 11) is 0. The number of nitrogens with one attached hydrogen (secondary N) is 1. The van der Waals surface area contributed by atoms with Crippen molar-refractivity contribution in [2.24, 2.45) is 0 Å².